The van der Waals surface area contributed by atoms with Gasteiger partial charge >= 0.3 is 0 Å². The molecule has 0 saturated heterocycles. The zero-order chi connectivity index (χ0) is 28.7. The number of hydrogen-bond donors (Lipinski definition) is 1. The molecule has 0 aliphatic carbocycles. The third-order valence-corrected chi connectivity index (χ3v) is 7.49. The third-order valence-electron chi connectivity index (χ3n) is 5.83. The Hall–Kier alpha value is -3.14. The molecule has 7 nitrogen and oxygen atoms in total. The van der Waals surface area contributed by atoms with Crippen LogP contribution in [0.5, 0.6) is 0 Å². The van der Waals surface area contributed by atoms with E-state index in [0.29, 0.717) is 10.6 Å². The van der Waals surface area contributed by atoms with Crippen LogP contribution in [0, 0.1) is 5.82 Å². The smallest absolute Gasteiger partial charge is 0.244 e. The van der Waals surface area contributed by atoms with Crippen molar-refractivity contribution >= 4 is 50.7 Å². The van der Waals surface area contributed by atoms with Gasteiger partial charge in [-0.05, 0) is 55.3 Å². The molecule has 0 unspecified atom stereocenters. The van der Waals surface area contributed by atoms with Gasteiger partial charge in [-0.3, -0.25) is 13.9 Å². The molecule has 0 heterocycles. The number of benzene rings is 3. The lowest BCUT2D eigenvalue weighted by molar-refractivity contribution is -0.140. The molecule has 0 fully saturated rings. The summed E-state index contributed by atoms with van der Waals surface area (Å²) in [5.41, 5.74) is 1.44. The normalized spacial score (nSPS) is 12.2. The predicted molar refractivity (Wildman–Crippen MR) is 153 cm³/mol. The Morgan fingerprint density at radius 1 is 0.949 bits per heavy atom. The van der Waals surface area contributed by atoms with Crippen LogP contribution >= 0.6 is 23.2 Å². The third kappa shape index (κ3) is 8.68. The summed E-state index contributed by atoms with van der Waals surface area (Å²) in [6.07, 6.45) is 1.13. The van der Waals surface area contributed by atoms with E-state index in [-0.39, 0.29) is 29.7 Å². The molecule has 0 aliphatic heterocycles. The minimum absolute atomic E-state index is 0.0456. The first-order chi connectivity index (χ1) is 18.3. The molecule has 3 aromatic rings. The van der Waals surface area contributed by atoms with Gasteiger partial charge < -0.3 is 10.2 Å². The van der Waals surface area contributed by atoms with Crippen molar-refractivity contribution in [1.29, 1.82) is 0 Å². The second-order valence-corrected chi connectivity index (χ2v) is 12.1. The van der Waals surface area contributed by atoms with E-state index in [4.69, 9.17) is 23.2 Å². The first kappa shape index (κ1) is 30.4. The van der Waals surface area contributed by atoms with Crippen LogP contribution in [0.25, 0.3) is 0 Å². The molecule has 1 N–H and O–H groups in total. The lowest BCUT2D eigenvalue weighted by Crippen LogP contribution is -2.54. The lowest BCUT2D eigenvalue weighted by atomic mass is 10.0. The van der Waals surface area contributed by atoms with Gasteiger partial charge in [0.1, 0.15) is 18.4 Å². The summed E-state index contributed by atoms with van der Waals surface area (Å²) < 4.78 is 40.1. The fourth-order valence-corrected chi connectivity index (χ4v) is 5.42. The van der Waals surface area contributed by atoms with Gasteiger partial charge in [0.2, 0.25) is 21.8 Å². The maximum atomic E-state index is 13.9. The van der Waals surface area contributed by atoms with E-state index in [2.05, 4.69) is 5.32 Å². The van der Waals surface area contributed by atoms with Crippen molar-refractivity contribution in [2.24, 2.45) is 0 Å². The van der Waals surface area contributed by atoms with Gasteiger partial charge in [-0.1, -0.05) is 65.7 Å². The van der Waals surface area contributed by atoms with Crippen LogP contribution < -0.4 is 9.62 Å². The molecular formula is C28H30Cl2FN3O4S. The maximum absolute atomic E-state index is 13.9. The molecular weight excluding hydrogens is 564 g/mol. The van der Waals surface area contributed by atoms with Crippen LogP contribution in [-0.2, 0) is 32.6 Å². The molecule has 0 radical (unpaired) electrons. The second kappa shape index (κ2) is 13.3. The van der Waals surface area contributed by atoms with E-state index in [1.807, 2.05) is 30.3 Å². The van der Waals surface area contributed by atoms with Gasteiger partial charge in [-0.25, -0.2) is 12.8 Å². The zero-order valence-electron chi connectivity index (χ0n) is 21.8. The molecule has 208 valence electrons. The monoisotopic (exact) mass is 593 g/mol. The van der Waals surface area contributed by atoms with Crippen LogP contribution in [-0.4, -0.2) is 50.0 Å². The summed E-state index contributed by atoms with van der Waals surface area (Å²) in [4.78, 5) is 28.7. The van der Waals surface area contributed by atoms with Crippen LogP contribution in [0.15, 0.2) is 72.8 Å². The highest BCUT2D eigenvalue weighted by Gasteiger charge is 2.33. The molecule has 2 amide bonds. The molecule has 0 aliphatic rings. The standard InChI is InChI=1S/C28H30Cl2FN3O4S/c1-19(2)32-28(36)26(15-20-7-5-4-6-8-20)33(17-21-9-12-23(31)13-10-21)27(35)18-34(39(3,37)38)25-14-11-22(29)16-24(25)30/h4-14,16,19,26H,15,17-18H2,1-3H3,(H,32,36)/t26-/m1/s1. The quantitative estimate of drug-likeness (QED) is 0.336. The Balaban J connectivity index is 2.07. The van der Waals surface area contributed by atoms with Gasteiger partial charge in [0.05, 0.1) is 17.0 Å². The number of nitrogens with zero attached hydrogens (tertiary/aromatic N) is 2. The van der Waals surface area contributed by atoms with Crippen LogP contribution in [0.2, 0.25) is 10.0 Å². The fraction of sp³-hybridized carbons (Fsp3) is 0.286. The van der Waals surface area contributed by atoms with Crippen molar-refractivity contribution in [2.75, 3.05) is 17.1 Å². The highest BCUT2D eigenvalue weighted by Crippen LogP contribution is 2.30. The number of carbonyl (C=O) groups excluding carboxylic acids is 2. The van der Waals surface area contributed by atoms with Crippen molar-refractivity contribution in [3.63, 3.8) is 0 Å². The van der Waals surface area contributed by atoms with E-state index >= 15 is 0 Å². The minimum Gasteiger partial charge on any atom is -0.352 e. The van der Waals surface area contributed by atoms with Gasteiger partial charge in [-0.2, -0.15) is 0 Å². The first-order valence-electron chi connectivity index (χ1n) is 12.2. The number of halogens is 3. The molecule has 1 atom stereocenters. The Bertz CT molecular complexity index is 1400. The Morgan fingerprint density at radius 3 is 2.15 bits per heavy atom. The molecule has 3 rings (SSSR count). The number of amides is 2. The number of nitrogens with one attached hydrogen (secondary N) is 1. The minimum atomic E-state index is -3.98. The molecule has 0 bridgehead atoms. The van der Waals surface area contributed by atoms with E-state index in [0.717, 1.165) is 16.1 Å². The molecule has 39 heavy (non-hydrogen) atoms. The summed E-state index contributed by atoms with van der Waals surface area (Å²) in [7, 11) is -3.98. The topological polar surface area (TPSA) is 86.8 Å². The molecule has 0 spiro atoms. The van der Waals surface area contributed by atoms with Crippen molar-refractivity contribution in [1.82, 2.24) is 10.2 Å². The van der Waals surface area contributed by atoms with E-state index < -0.39 is 40.2 Å². The Kier molecular flexibility index (Phi) is 10.4. The Labute approximate surface area is 238 Å². The summed E-state index contributed by atoms with van der Waals surface area (Å²) in [6, 6.07) is 17.8. The summed E-state index contributed by atoms with van der Waals surface area (Å²) >= 11 is 12.3. The summed E-state index contributed by atoms with van der Waals surface area (Å²) in [5.74, 6) is -1.49. The lowest BCUT2D eigenvalue weighted by Gasteiger charge is -2.34. The highest BCUT2D eigenvalue weighted by atomic mass is 35.5. The number of rotatable bonds is 11. The van der Waals surface area contributed by atoms with E-state index in [1.54, 1.807) is 13.8 Å². The van der Waals surface area contributed by atoms with E-state index in [1.165, 1.54) is 47.4 Å². The molecule has 3 aromatic carbocycles. The van der Waals surface area contributed by atoms with Crippen molar-refractivity contribution in [3.8, 4) is 0 Å². The number of anilines is 1. The summed E-state index contributed by atoms with van der Waals surface area (Å²) in [5, 5.41) is 3.21. The largest absolute Gasteiger partial charge is 0.352 e. The van der Waals surface area contributed by atoms with Crippen molar-refractivity contribution < 1.29 is 22.4 Å². The van der Waals surface area contributed by atoms with Crippen LogP contribution in [0.1, 0.15) is 25.0 Å². The van der Waals surface area contributed by atoms with Crippen molar-refractivity contribution in [2.45, 2.75) is 38.9 Å². The number of carbonyl (C=O) groups is 2. The predicted octanol–water partition coefficient (Wildman–Crippen LogP) is 5.06. The number of hydrogen-bond acceptors (Lipinski definition) is 4. The van der Waals surface area contributed by atoms with Gasteiger partial charge in [0, 0.05) is 24.0 Å². The van der Waals surface area contributed by atoms with Crippen molar-refractivity contribution in [3.05, 3.63) is 99.8 Å². The molecule has 0 saturated carbocycles. The van der Waals surface area contributed by atoms with Crippen LogP contribution in [0.4, 0.5) is 10.1 Å². The first-order valence-corrected chi connectivity index (χ1v) is 14.8. The fourth-order valence-electron chi connectivity index (χ4n) is 4.00. The van der Waals surface area contributed by atoms with Gasteiger partial charge in [-0.15, -0.1) is 0 Å². The number of sulfonamides is 1. The Morgan fingerprint density at radius 2 is 1.59 bits per heavy atom. The van der Waals surface area contributed by atoms with E-state index in [9.17, 15) is 22.4 Å². The maximum Gasteiger partial charge on any atom is 0.244 e. The zero-order valence-corrected chi connectivity index (χ0v) is 24.1. The second-order valence-electron chi connectivity index (χ2n) is 9.38. The average molecular weight is 595 g/mol. The average Bonchev–Trinajstić information content (AvgIpc) is 2.85. The van der Waals surface area contributed by atoms with Gasteiger partial charge in [0.15, 0.2) is 0 Å². The SMILES string of the molecule is CC(C)NC(=O)[C@@H](Cc1ccccc1)N(Cc1ccc(F)cc1)C(=O)CN(c1ccc(Cl)cc1Cl)S(C)(=O)=O. The van der Waals surface area contributed by atoms with Crippen LogP contribution in [0.3, 0.4) is 0 Å². The molecule has 0 aromatic heterocycles. The summed E-state index contributed by atoms with van der Waals surface area (Å²) in [6.45, 7) is 2.92. The van der Waals surface area contributed by atoms with Gasteiger partial charge in [0.25, 0.3) is 0 Å². The molecule has 11 heteroatoms. The highest BCUT2D eigenvalue weighted by molar-refractivity contribution is 7.92.